The van der Waals surface area contributed by atoms with Crippen molar-refractivity contribution in [2.24, 2.45) is 5.16 Å². The van der Waals surface area contributed by atoms with Crippen molar-refractivity contribution in [3.8, 4) is 5.75 Å². The summed E-state index contributed by atoms with van der Waals surface area (Å²) in [6.45, 7) is 3.11. The Hall–Kier alpha value is -2.13. The minimum Gasteiger partial charge on any atom is -0.497 e. The summed E-state index contributed by atoms with van der Waals surface area (Å²) >= 11 is 0. The summed E-state index contributed by atoms with van der Waals surface area (Å²) in [7, 11) is -2.00. The third kappa shape index (κ3) is 5.43. The van der Waals surface area contributed by atoms with Crippen LogP contribution < -0.4 is 10.1 Å². The summed E-state index contributed by atoms with van der Waals surface area (Å²) < 4.78 is 31.8. The van der Waals surface area contributed by atoms with E-state index in [0.29, 0.717) is 38.2 Å². The van der Waals surface area contributed by atoms with Gasteiger partial charge in [0, 0.05) is 32.5 Å². The van der Waals surface area contributed by atoms with Crippen LogP contribution in [0.25, 0.3) is 0 Å². The van der Waals surface area contributed by atoms with Crippen molar-refractivity contribution in [2.45, 2.75) is 31.1 Å². The first-order chi connectivity index (χ1) is 12.5. The second kappa shape index (κ2) is 9.54. The van der Waals surface area contributed by atoms with Crippen LogP contribution in [0, 0.1) is 0 Å². The maximum absolute atomic E-state index is 12.7. The first-order valence-electron chi connectivity index (χ1n) is 8.56. The number of carbonyl (C=O) groups is 1. The molecule has 1 heterocycles. The summed E-state index contributed by atoms with van der Waals surface area (Å²) in [5, 5.41) is 6.65. The molecule has 0 spiro atoms. The Balaban J connectivity index is 1.86. The zero-order valence-corrected chi connectivity index (χ0v) is 15.9. The van der Waals surface area contributed by atoms with E-state index in [1.165, 1.54) is 23.5 Å². The molecule has 0 radical (unpaired) electrons. The Morgan fingerprint density at radius 2 is 1.88 bits per heavy atom. The lowest BCUT2D eigenvalue weighted by Gasteiger charge is -2.26. The van der Waals surface area contributed by atoms with Crippen molar-refractivity contribution >= 4 is 21.6 Å². The van der Waals surface area contributed by atoms with E-state index in [-0.39, 0.29) is 17.4 Å². The second-order valence-corrected chi connectivity index (χ2v) is 7.80. The molecule has 0 unspecified atom stereocenters. The Morgan fingerprint density at radius 1 is 1.23 bits per heavy atom. The largest absolute Gasteiger partial charge is 0.497 e. The van der Waals surface area contributed by atoms with Gasteiger partial charge in [-0.1, -0.05) is 12.1 Å². The third-order valence-electron chi connectivity index (χ3n) is 3.96. The van der Waals surface area contributed by atoms with Gasteiger partial charge < -0.3 is 14.9 Å². The van der Waals surface area contributed by atoms with Crippen molar-refractivity contribution in [1.82, 2.24) is 9.62 Å². The molecule has 0 saturated carbocycles. The molecule has 1 aromatic rings. The Bertz CT molecular complexity index is 721. The number of ether oxygens (including phenoxy) is 1. The highest BCUT2D eigenvalue weighted by Crippen LogP contribution is 2.22. The van der Waals surface area contributed by atoms with Gasteiger partial charge in [-0.3, -0.25) is 4.79 Å². The van der Waals surface area contributed by atoms with E-state index in [1.54, 1.807) is 12.1 Å². The molecule has 0 bridgehead atoms. The lowest BCUT2D eigenvalue weighted by molar-refractivity contribution is -0.125. The average Bonchev–Trinajstić information content (AvgIpc) is 2.67. The summed E-state index contributed by atoms with van der Waals surface area (Å²) in [5.41, 5.74) is 0.759. The lowest BCUT2D eigenvalue weighted by atomic mass is 10.1. The number of piperidine rings is 1. The number of hydrogen-bond acceptors (Lipinski definition) is 6. The standard InChI is InChI=1S/C17H25N3O5S/c1-3-10-18-17(21)13-25-19-14-8-11-20(12-9-14)26(22,23)16-6-4-15(24-2)5-7-16/h4-7H,3,8-13H2,1-2H3,(H,18,21). The van der Waals surface area contributed by atoms with Crippen molar-refractivity contribution in [3.05, 3.63) is 24.3 Å². The molecule has 1 aliphatic heterocycles. The van der Waals surface area contributed by atoms with Crippen molar-refractivity contribution in [1.29, 1.82) is 0 Å². The first kappa shape index (κ1) is 20.2. The number of oxime groups is 1. The fourth-order valence-corrected chi connectivity index (χ4v) is 3.91. The van der Waals surface area contributed by atoms with Gasteiger partial charge in [-0.15, -0.1) is 0 Å². The molecule has 8 nitrogen and oxygen atoms in total. The van der Waals surface area contributed by atoms with Crippen LogP contribution in [-0.2, 0) is 19.7 Å². The minimum atomic E-state index is -3.54. The molecular formula is C17H25N3O5S. The van der Waals surface area contributed by atoms with E-state index in [4.69, 9.17) is 9.57 Å². The molecule has 1 aliphatic rings. The molecule has 26 heavy (non-hydrogen) atoms. The SMILES string of the molecule is CCCNC(=O)CON=C1CCN(S(=O)(=O)c2ccc(OC)cc2)CC1. The molecule has 2 rings (SSSR count). The lowest BCUT2D eigenvalue weighted by Crippen LogP contribution is -2.38. The summed E-state index contributed by atoms with van der Waals surface area (Å²) in [5.74, 6) is 0.396. The molecule has 144 valence electrons. The maximum atomic E-state index is 12.7. The van der Waals surface area contributed by atoms with Crippen LogP contribution in [0.3, 0.4) is 0 Å². The maximum Gasteiger partial charge on any atom is 0.260 e. The number of amides is 1. The number of nitrogens with zero attached hydrogens (tertiary/aromatic N) is 2. The Morgan fingerprint density at radius 3 is 2.46 bits per heavy atom. The first-order valence-corrected chi connectivity index (χ1v) is 10.00. The molecule has 0 aromatic heterocycles. The second-order valence-electron chi connectivity index (χ2n) is 5.86. The summed E-state index contributed by atoms with van der Waals surface area (Å²) in [6, 6.07) is 6.33. The van der Waals surface area contributed by atoms with E-state index >= 15 is 0 Å². The average molecular weight is 383 g/mol. The third-order valence-corrected chi connectivity index (χ3v) is 5.87. The van der Waals surface area contributed by atoms with Crippen LogP contribution in [0.1, 0.15) is 26.2 Å². The fourth-order valence-electron chi connectivity index (χ4n) is 2.47. The van der Waals surface area contributed by atoms with Crippen molar-refractivity contribution in [2.75, 3.05) is 33.4 Å². The van der Waals surface area contributed by atoms with Crippen molar-refractivity contribution in [3.63, 3.8) is 0 Å². The van der Waals surface area contributed by atoms with Gasteiger partial charge in [0.05, 0.1) is 17.7 Å². The van der Waals surface area contributed by atoms with Gasteiger partial charge in [0.1, 0.15) is 5.75 Å². The summed E-state index contributed by atoms with van der Waals surface area (Å²) in [6.07, 6.45) is 1.82. The Kier molecular flexibility index (Phi) is 7.40. The van der Waals surface area contributed by atoms with Crippen LogP contribution in [0.5, 0.6) is 5.75 Å². The zero-order chi connectivity index (χ0) is 19.0. The number of sulfonamides is 1. The zero-order valence-electron chi connectivity index (χ0n) is 15.1. The highest BCUT2D eigenvalue weighted by atomic mass is 32.2. The number of carbonyl (C=O) groups excluding carboxylic acids is 1. The quantitative estimate of drug-likeness (QED) is 0.684. The van der Waals surface area contributed by atoms with Crippen molar-refractivity contribution < 1.29 is 22.8 Å². The highest BCUT2D eigenvalue weighted by Gasteiger charge is 2.28. The van der Waals surface area contributed by atoms with Crippen LogP contribution in [0.15, 0.2) is 34.3 Å². The molecule has 1 N–H and O–H groups in total. The van der Waals surface area contributed by atoms with Gasteiger partial charge in [-0.2, -0.15) is 4.31 Å². The number of rotatable bonds is 8. The predicted molar refractivity (Wildman–Crippen MR) is 97.7 cm³/mol. The van der Waals surface area contributed by atoms with E-state index in [0.717, 1.165) is 12.1 Å². The number of hydrogen-bond donors (Lipinski definition) is 1. The van der Waals surface area contributed by atoms with Crippen LogP contribution >= 0.6 is 0 Å². The van der Waals surface area contributed by atoms with E-state index in [1.807, 2.05) is 6.92 Å². The molecule has 1 saturated heterocycles. The van der Waals surface area contributed by atoms with Crippen LogP contribution in [-0.4, -0.2) is 57.7 Å². The van der Waals surface area contributed by atoms with Gasteiger partial charge in [-0.05, 0) is 30.7 Å². The van der Waals surface area contributed by atoms with Gasteiger partial charge in [0.25, 0.3) is 5.91 Å². The molecule has 1 fully saturated rings. The minimum absolute atomic E-state index is 0.128. The highest BCUT2D eigenvalue weighted by molar-refractivity contribution is 7.89. The van der Waals surface area contributed by atoms with Crippen LogP contribution in [0.2, 0.25) is 0 Å². The molecule has 1 aromatic carbocycles. The Labute approximate surface area is 154 Å². The van der Waals surface area contributed by atoms with E-state index in [9.17, 15) is 13.2 Å². The molecular weight excluding hydrogens is 358 g/mol. The van der Waals surface area contributed by atoms with E-state index in [2.05, 4.69) is 10.5 Å². The predicted octanol–water partition coefficient (Wildman–Crippen LogP) is 1.38. The van der Waals surface area contributed by atoms with Gasteiger partial charge in [-0.25, -0.2) is 8.42 Å². The molecule has 1 amide bonds. The summed E-state index contributed by atoms with van der Waals surface area (Å²) in [4.78, 5) is 16.7. The molecule has 0 atom stereocenters. The van der Waals surface area contributed by atoms with Gasteiger partial charge >= 0.3 is 0 Å². The van der Waals surface area contributed by atoms with Crippen LogP contribution in [0.4, 0.5) is 0 Å². The molecule has 0 aliphatic carbocycles. The topological polar surface area (TPSA) is 97.3 Å². The van der Waals surface area contributed by atoms with Gasteiger partial charge in [0.15, 0.2) is 6.61 Å². The normalized spacial score (nSPS) is 15.4. The van der Waals surface area contributed by atoms with E-state index < -0.39 is 10.0 Å². The number of nitrogens with one attached hydrogen (secondary N) is 1. The smallest absolute Gasteiger partial charge is 0.260 e. The molecule has 9 heteroatoms. The van der Waals surface area contributed by atoms with Gasteiger partial charge in [0.2, 0.25) is 10.0 Å². The number of methoxy groups -OCH3 is 1. The fraction of sp³-hybridized carbons (Fsp3) is 0.529. The monoisotopic (exact) mass is 383 g/mol. The number of benzene rings is 1.